The van der Waals surface area contributed by atoms with Crippen LogP contribution in [0.3, 0.4) is 0 Å². The van der Waals surface area contributed by atoms with Crippen LogP contribution in [0.25, 0.3) is 0 Å². The third kappa shape index (κ3) is 8.73. The van der Waals surface area contributed by atoms with Gasteiger partial charge in [0, 0.05) is 43.7 Å². The standard InChI is InChI=1S/C16H21F3N6S.HI/c1-2-20-14(21-7-5-12-4-3-11-26-12)23-9-10-24-15-22-8-6-13(25-15)16(17,18)19;/h3-4,6,8,11H,2,5,7,9-10H2,1H3,(H2,20,21,23)(H,22,24,25);1H. The molecule has 0 aliphatic rings. The monoisotopic (exact) mass is 514 g/mol. The molecule has 3 N–H and O–H groups in total. The van der Waals surface area contributed by atoms with Gasteiger partial charge >= 0.3 is 6.18 Å². The van der Waals surface area contributed by atoms with E-state index in [0.29, 0.717) is 25.6 Å². The van der Waals surface area contributed by atoms with Crippen LogP contribution in [0.2, 0.25) is 0 Å². The van der Waals surface area contributed by atoms with Crippen LogP contribution in [0, 0.1) is 0 Å². The van der Waals surface area contributed by atoms with E-state index in [-0.39, 0.29) is 29.9 Å². The fourth-order valence-electron chi connectivity index (χ4n) is 2.03. The lowest BCUT2D eigenvalue weighted by molar-refractivity contribution is -0.141. The highest BCUT2D eigenvalue weighted by molar-refractivity contribution is 14.0. The van der Waals surface area contributed by atoms with Gasteiger partial charge in [-0.25, -0.2) is 9.97 Å². The van der Waals surface area contributed by atoms with Crippen LogP contribution >= 0.6 is 35.3 Å². The van der Waals surface area contributed by atoms with Gasteiger partial charge in [0.1, 0.15) is 5.69 Å². The third-order valence-corrected chi connectivity index (χ3v) is 4.14. The Balaban J connectivity index is 0.00000364. The summed E-state index contributed by atoms with van der Waals surface area (Å²) in [6, 6.07) is 4.92. The molecule has 2 rings (SSSR count). The number of nitrogens with zero attached hydrogens (tertiary/aromatic N) is 3. The molecule has 0 amide bonds. The van der Waals surface area contributed by atoms with E-state index in [0.717, 1.165) is 25.2 Å². The molecule has 0 saturated heterocycles. The summed E-state index contributed by atoms with van der Waals surface area (Å²) in [5, 5.41) is 11.0. The van der Waals surface area contributed by atoms with Crippen molar-refractivity contribution < 1.29 is 13.2 Å². The minimum Gasteiger partial charge on any atom is -0.357 e. The van der Waals surface area contributed by atoms with Crippen molar-refractivity contribution in [2.75, 3.05) is 31.5 Å². The maximum absolute atomic E-state index is 12.6. The highest BCUT2D eigenvalue weighted by atomic mass is 127. The van der Waals surface area contributed by atoms with E-state index in [1.807, 2.05) is 18.4 Å². The first kappa shape index (κ1) is 23.4. The Morgan fingerprint density at radius 2 is 2.04 bits per heavy atom. The molecule has 0 atom stereocenters. The van der Waals surface area contributed by atoms with Crippen molar-refractivity contribution in [2.45, 2.75) is 19.5 Å². The molecule has 0 unspecified atom stereocenters. The maximum atomic E-state index is 12.6. The first-order valence-corrected chi connectivity index (χ1v) is 9.05. The molecule has 6 nitrogen and oxygen atoms in total. The Bertz CT molecular complexity index is 694. The van der Waals surface area contributed by atoms with Gasteiger partial charge in [-0.05, 0) is 24.4 Å². The SMILES string of the molecule is CCNC(=NCCc1cccs1)NCCNc1nccc(C(F)(F)F)n1.I. The number of rotatable bonds is 8. The molecule has 0 fully saturated rings. The predicted octanol–water partition coefficient (Wildman–Crippen LogP) is 3.38. The van der Waals surface area contributed by atoms with Crippen molar-refractivity contribution in [3.63, 3.8) is 0 Å². The van der Waals surface area contributed by atoms with Gasteiger partial charge in [0.25, 0.3) is 0 Å². The molecule has 2 aromatic heterocycles. The molecular weight excluding hydrogens is 492 g/mol. The fraction of sp³-hybridized carbons (Fsp3) is 0.438. The largest absolute Gasteiger partial charge is 0.433 e. The van der Waals surface area contributed by atoms with Crippen molar-refractivity contribution >= 4 is 47.2 Å². The Kier molecular flexibility index (Phi) is 10.4. The molecule has 2 heterocycles. The van der Waals surface area contributed by atoms with E-state index >= 15 is 0 Å². The Labute approximate surface area is 177 Å². The zero-order valence-electron chi connectivity index (χ0n) is 14.7. The molecule has 0 radical (unpaired) electrons. The second kappa shape index (κ2) is 12.0. The summed E-state index contributed by atoms with van der Waals surface area (Å²) in [6.45, 7) is 4.15. The summed E-state index contributed by atoms with van der Waals surface area (Å²) in [5.74, 6) is 0.608. The Morgan fingerprint density at radius 1 is 1.22 bits per heavy atom. The molecule has 0 saturated carbocycles. The van der Waals surface area contributed by atoms with Gasteiger partial charge in [-0.3, -0.25) is 4.99 Å². The summed E-state index contributed by atoms with van der Waals surface area (Å²) in [4.78, 5) is 13.0. The van der Waals surface area contributed by atoms with Gasteiger partial charge in [-0.1, -0.05) is 6.07 Å². The molecule has 11 heteroatoms. The Hall–Kier alpha value is -1.63. The lowest BCUT2D eigenvalue weighted by Gasteiger charge is -2.12. The molecule has 0 bridgehead atoms. The number of aromatic nitrogens is 2. The third-order valence-electron chi connectivity index (χ3n) is 3.20. The first-order chi connectivity index (χ1) is 12.5. The number of alkyl halides is 3. The van der Waals surface area contributed by atoms with Gasteiger partial charge < -0.3 is 16.0 Å². The number of anilines is 1. The molecule has 0 aromatic carbocycles. The molecule has 0 aliphatic carbocycles. The van der Waals surface area contributed by atoms with Crippen molar-refractivity contribution in [3.8, 4) is 0 Å². The fourth-order valence-corrected chi connectivity index (χ4v) is 2.73. The highest BCUT2D eigenvalue weighted by Crippen LogP contribution is 2.27. The number of nitrogens with one attached hydrogen (secondary N) is 3. The van der Waals surface area contributed by atoms with E-state index < -0.39 is 11.9 Å². The number of halogens is 4. The van der Waals surface area contributed by atoms with Crippen molar-refractivity contribution in [1.82, 2.24) is 20.6 Å². The molecule has 150 valence electrons. The second-order valence-corrected chi connectivity index (χ2v) is 6.24. The van der Waals surface area contributed by atoms with Crippen LogP contribution < -0.4 is 16.0 Å². The zero-order valence-corrected chi connectivity index (χ0v) is 17.9. The van der Waals surface area contributed by atoms with Crippen LogP contribution in [0.4, 0.5) is 19.1 Å². The topological polar surface area (TPSA) is 74.2 Å². The predicted molar refractivity (Wildman–Crippen MR) is 113 cm³/mol. The minimum absolute atomic E-state index is 0. The number of hydrogen-bond acceptors (Lipinski definition) is 5. The number of thiophene rings is 1. The summed E-state index contributed by atoms with van der Waals surface area (Å²) in [7, 11) is 0. The van der Waals surface area contributed by atoms with E-state index in [9.17, 15) is 13.2 Å². The summed E-state index contributed by atoms with van der Waals surface area (Å²) < 4.78 is 37.8. The number of guanidine groups is 1. The average Bonchev–Trinajstić information content (AvgIpc) is 3.11. The van der Waals surface area contributed by atoms with Crippen LogP contribution in [-0.4, -0.2) is 42.1 Å². The summed E-state index contributed by atoms with van der Waals surface area (Å²) in [6.07, 6.45) is -2.53. The summed E-state index contributed by atoms with van der Waals surface area (Å²) in [5.41, 5.74) is -0.966. The molecular formula is C16H22F3IN6S. The molecule has 0 spiro atoms. The minimum atomic E-state index is -4.48. The van der Waals surface area contributed by atoms with Crippen molar-refractivity contribution in [2.24, 2.45) is 4.99 Å². The van der Waals surface area contributed by atoms with E-state index in [4.69, 9.17) is 0 Å². The lowest BCUT2D eigenvalue weighted by atomic mass is 10.3. The van der Waals surface area contributed by atoms with Gasteiger partial charge in [0.2, 0.25) is 5.95 Å². The number of hydrogen-bond donors (Lipinski definition) is 3. The van der Waals surface area contributed by atoms with Gasteiger partial charge in [-0.2, -0.15) is 13.2 Å². The number of aliphatic imine (C=N–C) groups is 1. The van der Waals surface area contributed by atoms with E-state index in [2.05, 4.69) is 37.0 Å². The normalized spacial score (nSPS) is 11.6. The first-order valence-electron chi connectivity index (χ1n) is 8.17. The molecule has 2 aromatic rings. The Morgan fingerprint density at radius 3 is 2.70 bits per heavy atom. The van der Waals surface area contributed by atoms with E-state index in [1.54, 1.807) is 11.3 Å². The van der Waals surface area contributed by atoms with Crippen molar-refractivity contribution in [3.05, 3.63) is 40.3 Å². The van der Waals surface area contributed by atoms with E-state index in [1.165, 1.54) is 4.88 Å². The van der Waals surface area contributed by atoms with Gasteiger partial charge in [-0.15, -0.1) is 35.3 Å². The maximum Gasteiger partial charge on any atom is 0.433 e. The van der Waals surface area contributed by atoms with Crippen LogP contribution in [0.15, 0.2) is 34.8 Å². The summed E-state index contributed by atoms with van der Waals surface area (Å²) >= 11 is 1.70. The average molecular weight is 514 g/mol. The molecule has 0 aliphatic heterocycles. The van der Waals surface area contributed by atoms with Crippen molar-refractivity contribution in [1.29, 1.82) is 0 Å². The smallest absolute Gasteiger partial charge is 0.357 e. The van der Waals surface area contributed by atoms with Crippen LogP contribution in [0.5, 0.6) is 0 Å². The van der Waals surface area contributed by atoms with Crippen LogP contribution in [0.1, 0.15) is 17.5 Å². The quantitative estimate of drug-likeness (QED) is 0.218. The highest BCUT2D eigenvalue weighted by Gasteiger charge is 2.32. The van der Waals surface area contributed by atoms with Gasteiger partial charge in [0.15, 0.2) is 5.96 Å². The lowest BCUT2D eigenvalue weighted by Crippen LogP contribution is -2.39. The van der Waals surface area contributed by atoms with Crippen LogP contribution in [-0.2, 0) is 12.6 Å². The zero-order chi connectivity index (χ0) is 18.8. The second-order valence-electron chi connectivity index (χ2n) is 5.21. The van der Waals surface area contributed by atoms with Gasteiger partial charge in [0.05, 0.1) is 0 Å². The molecule has 27 heavy (non-hydrogen) atoms.